The Bertz CT molecular complexity index is 1350. The third-order valence-corrected chi connectivity index (χ3v) is 8.91. The standard InChI is InChI=1S/C33H33OSi/c1-5-13-25-22-29-26(18-12-19-28(29)33(25)35(3)4)27-20-21-30(34-2)32(24-16-10-7-11-17-24)31(27)23-14-8-6-9-15-23/h6-12,14-22,33H,5,13H2,1-4H3. The van der Waals surface area contributed by atoms with Crippen molar-refractivity contribution in [1.29, 1.82) is 0 Å². The van der Waals surface area contributed by atoms with E-state index in [1.54, 1.807) is 12.7 Å². The Morgan fingerprint density at radius 3 is 1.97 bits per heavy atom. The summed E-state index contributed by atoms with van der Waals surface area (Å²) in [6.07, 6.45) is 4.88. The van der Waals surface area contributed by atoms with Crippen LogP contribution in [0.25, 0.3) is 39.5 Å². The van der Waals surface area contributed by atoms with Gasteiger partial charge in [-0.25, -0.2) is 0 Å². The first kappa shape index (κ1) is 23.4. The summed E-state index contributed by atoms with van der Waals surface area (Å²) in [5.41, 5.74) is 12.5. The van der Waals surface area contributed by atoms with Gasteiger partial charge in [-0.1, -0.05) is 123 Å². The molecule has 1 nitrogen and oxygen atoms in total. The molecule has 5 rings (SSSR count). The Balaban J connectivity index is 1.83. The van der Waals surface area contributed by atoms with Crippen molar-refractivity contribution < 1.29 is 4.74 Å². The second-order valence-electron chi connectivity index (χ2n) is 9.59. The average Bonchev–Trinajstić information content (AvgIpc) is 3.27. The number of ether oxygens (including phenoxy) is 1. The van der Waals surface area contributed by atoms with E-state index in [9.17, 15) is 0 Å². The Kier molecular flexibility index (Phi) is 6.74. The van der Waals surface area contributed by atoms with Gasteiger partial charge in [0, 0.05) is 11.1 Å². The third kappa shape index (κ3) is 4.28. The number of hydrogen-bond acceptors (Lipinski definition) is 1. The topological polar surface area (TPSA) is 9.23 Å². The van der Waals surface area contributed by atoms with Crippen molar-refractivity contribution in [2.24, 2.45) is 0 Å². The number of allylic oxidation sites excluding steroid dienone is 1. The van der Waals surface area contributed by atoms with E-state index in [0.29, 0.717) is 5.54 Å². The van der Waals surface area contributed by atoms with Gasteiger partial charge < -0.3 is 4.74 Å². The van der Waals surface area contributed by atoms with Crippen LogP contribution in [0.2, 0.25) is 13.1 Å². The molecule has 1 unspecified atom stereocenters. The number of rotatable bonds is 7. The second kappa shape index (κ2) is 10.1. The number of methoxy groups -OCH3 is 1. The average molecular weight is 474 g/mol. The zero-order valence-electron chi connectivity index (χ0n) is 21.1. The molecule has 0 fully saturated rings. The predicted octanol–water partition coefficient (Wildman–Crippen LogP) is 9.27. The minimum atomic E-state index is -0.503. The lowest BCUT2D eigenvalue weighted by atomic mass is 9.85. The largest absolute Gasteiger partial charge is 0.496 e. The van der Waals surface area contributed by atoms with Crippen LogP contribution in [0.5, 0.6) is 5.75 Å². The lowest BCUT2D eigenvalue weighted by Gasteiger charge is -2.22. The molecule has 4 aromatic carbocycles. The van der Waals surface area contributed by atoms with Gasteiger partial charge in [0.15, 0.2) is 0 Å². The first-order valence-corrected chi connectivity index (χ1v) is 15.2. The first-order valence-electron chi connectivity index (χ1n) is 12.6. The van der Waals surface area contributed by atoms with Crippen LogP contribution < -0.4 is 4.74 Å². The Morgan fingerprint density at radius 2 is 1.37 bits per heavy atom. The fourth-order valence-electron chi connectivity index (χ4n) is 5.66. The molecule has 0 saturated heterocycles. The minimum Gasteiger partial charge on any atom is -0.496 e. The summed E-state index contributed by atoms with van der Waals surface area (Å²) < 4.78 is 5.94. The van der Waals surface area contributed by atoms with Gasteiger partial charge in [0.25, 0.3) is 0 Å². The van der Waals surface area contributed by atoms with Gasteiger partial charge in [0.1, 0.15) is 5.75 Å². The van der Waals surface area contributed by atoms with Crippen LogP contribution >= 0.6 is 0 Å². The third-order valence-electron chi connectivity index (χ3n) is 7.07. The van der Waals surface area contributed by atoms with E-state index in [-0.39, 0.29) is 0 Å². The molecule has 35 heavy (non-hydrogen) atoms. The molecule has 1 aliphatic rings. The zero-order chi connectivity index (χ0) is 24.4. The molecular weight excluding hydrogens is 440 g/mol. The van der Waals surface area contributed by atoms with Crippen LogP contribution in [0, 0.1) is 0 Å². The lowest BCUT2D eigenvalue weighted by molar-refractivity contribution is 0.416. The molecule has 1 radical (unpaired) electrons. The number of hydrogen-bond donors (Lipinski definition) is 0. The maximum absolute atomic E-state index is 5.94. The summed E-state index contributed by atoms with van der Waals surface area (Å²) in [5, 5.41) is 0. The molecule has 0 aromatic heterocycles. The molecule has 1 aliphatic carbocycles. The van der Waals surface area contributed by atoms with Gasteiger partial charge in [-0.3, -0.25) is 0 Å². The van der Waals surface area contributed by atoms with E-state index in [4.69, 9.17) is 4.74 Å². The number of benzene rings is 4. The van der Waals surface area contributed by atoms with Crippen molar-refractivity contribution in [3.8, 4) is 39.1 Å². The zero-order valence-corrected chi connectivity index (χ0v) is 22.1. The van der Waals surface area contributed by atoms with Crippen molar-refractivity contribution in [3.05, 3.63) is 108 Å². The van der Waals surface area contributed by atoms with Gasteiger partial charge in [0.2, 0.25) is 0 Å². The minimum absolute atomic E-state index is 0.503. The maximum Gasteiger partial charge on any atom is 0.127 e. The Hall–Kier alpha value is -3.36. The van der Waals surface area contributed by atoms with Crippen LogP contribution in [-0.4, -0.2) is 15.9 Å². The highest BCUT2D eigenvalue weighted by molar-refractivity contribution is 6.58. The van der Waals surface area contributed by atoms with Crippen molar-refractivity contribution in [1.82, 2.24) is 0 Å². The molecule has 0 saturated carbocycles. The molecule has 0 spiro atoms. The Labute approximate surface area is 211 Å². The molecular formula is C33H33OSi. The smallest absolute Gasteiger partial charge is 0.127 e. The van der Waals surface area contributed by atoms with Crippen LogP contribution in [0.15, 0.2) is 96.6 Å². The summed E-state index contributed by atoms with van der Waals surface area (Å²) in [4.78, 5) is 0. The highest BCUT2D eigenvalue weighted by Gasteiger charge is 2.30. The van der Waals surface area contributed by atoms with E-state index >= 15 is 0 Å². The molecule has 1 atom stereocenters. The summed E-state index contributed by atoms with van der Waals surface area (Å²) in [6, 6.07) is 32.7. The molecule has 0 heterocycles. The van der Waals surface area contributed by atoms with E-state index < -0.39 is 8.80 Å². The summed E-state index contributed by atoms with van der Waals surface area (Å²) in [5.74, 6) is 0.902. The lowest BCUT2D eigenvalue weighted by Crippen LogP contribution is -2.16. The highest BCUT2D eigenvalue weighted by Crippen LogP contribution is 2.49. The van der Waals surface area contributed by atoms with E-state index in [1.165, 1.54) is 51.8 Å². The second-order valence-corrected chi connectivity index (χ2v) is 12.3. The summed E-state index contributed by atoms with van der Waals surface area (Å²) in [6.45, 7) is 7.20. The molecule has 0 bridgehead atoms. The molecule has 0 amide bonds. The molecule has 4 aromatic rings. The van der Waals surface area contributed by atoms with Gasteiger partial charge in [-0.15, -0.1) is 0 Å². The SMILES string of the molecule is CCCC1=Cc2c(-c3ccc(OC)c(-c4ccccc4)c3-c3ccccc3)cccc2C1[Si](C)C. The fourth-order valence-corrected chi connectivity index (χ4v) is 7.50. The van der Waals surface area contributed by atoms with Crippen molar-refractivity contribution in [2.75, 3.05) is 7.11 Å². The molecule has 175 valence electrons. The summed E-state index contributed by atoms with van der Waals surface area (Å²) >= 11 is 0. The number of fused-ring (bicyclic) bond motifs is 1. The normalized spacial score (nSPS) is 14.7. The molecule has 0 N–H and O–H groups in total. The summed E-state index contributed by atoms with van der Waals surface area (Å²) in [7, 11) is 1.27. The van der Waals surface area contributed by atoms with Gasteiger partial charge in [-0.2, -0.15) is 0 Å². The van der Waals surface area contributed by atoms with Crippen LogP contribution in [0.4, 0.5) is 0 Å². The van der Waals surface area contributed by atoms with Gasteiger partial charge in [-0.05, 0) is 51.4 Å². The fraction of sp³-hybridized carbons (Fsp3) is 0.212. The Morgan fingerprint density at radius 1 is 0.714 bits per heavy atom. The highest BCUT2D eigenvalue weighted by atomic mass is 28.3. The van der Waals surface area contributed by atoms with Crippen molar-refractivity contribution in [3.63, 3.8) is 0 Å². The van der Waals surface area contributed by atoms with E-state index in [1.807, 2.05) is 0 Å². The van der Waals surface area contributed by atoms with Crippen molar-refractivity contribution in [2.45, 2.75) is 38.4 Å². The van der Waals surface area contributed by atoms with Crippen LogP contribution in [0.3, 0.4) is 0 Å². The predicted molar refractivity (Wildman–Crippen MR) is 152 cm³/mol. The van der Waals surface area contributed by atoms with Gasteiger partial charge in [0.05, 0.1) is 15.9 Å². The van der Waals surface area contributed by atoms with Crippen molar-refractivity contribution >= 4 is 14.9 Å². The van der Waals surface area contributed by atoms with Crippen LogP contribution in [-0.2, 0) is 0 Å². The molecule has 0 aliphatic heterocycles. The maximum atomic E-state index is 5.94. The first-order chi connectivity index (χ1) is 17.1. The van der Waals surface area contributed by atoms with Gasteiger partial charge >= 0.3 is 0 Å². The molecule has 2 heteroatoms. The van der Waals surface area contributed by atoms with E-state index in [0.717, 1.165) is 11.3 Å². The van der Waals surface area contributed by atoms with E-state index in [2.05, 4.69) is 117 Å². The van der Waals surface area contributed by atoms with Crippen LogP contribution in [0.1, 0.15) is 36.4 Å². The quantitative estimate of drug-likeness (QED) is 0.243. The monoisotopic (exact) mass is 473 g/mol.